The molecule has 102 valence electrons. The van der Waals surface area contributed by atoms with Crippen LogP contribution in [0.1, 0.15) is 36.5 Å². The highest BCUT2D eigenvalue weighted by atomic mass is 16.5. The lowest BCUT2D eigenvalue weighted by Crippen LogP contribution is -2.34. The van der Waals surface area contributed by atoms with Gasteiger partial charge in [-0.25, -0.2) is 0 Å². The summed E-state index contributed by atoms with van der Waals surface area (Å²) >= 11 is 0. The normalized spacial score (nSPS) is 14.3. The maximum Gasteiger partial charge on any atom is 0.125 e. The standard InChI is InChI=1S/C15H25NO2/c1-11-6-7-12(2)14(13(11)3)18-9-5-8-15(4,17)10-16/h6-7,17H,5,8-10,16H2,1-4H3. The van der Waals surface area contributed by atoms with Crippen molar-refractivity contribution in [2.75, 3.05) is 13.2 Å². The third-order valence-electron chi connectivity index (χ3n) is 3.42. The van der Waals surface area contributed by atoms with Gasteiger partial charge in [-0.2, -0.15) is 0 Å². The minimum atomic E-state index is -0.778. The number of aliphatic hydroxyl groups is 1. The highest BCUT2D eigenvalue weighted by Crippen LogP contribution is 2.26. The summed E-state index contributed by atoms with van der Waals surface area (Å²) in [4.78, 5) is 0. The maximum atomic E-state index is 9.79. The Bertz CT molecular complexity index is 400. The number of hydrogen-bond acceptors (Lipinski definition) is 3. The molecular weight excluding hydrogens is 226 g/mol. The Hall–Kier alpha value is -1.06. The summed E-state index contributed by atoms with van der Waals surface area (Å²) in [7, 11) is 0. The Morgan fingerprint density at radius 3 is 2.44 bits per heavy atom. The molecule has 18 heavy (non-hydrogen) atoms. The predicted octanol–water partition coefficient (Wildman–Crippen LogP) is 2.48. The van der Waals surface area contributed by atoms with Gasteiger partial charge >= 0.3 is 0 Å². The van der Waals surface area contributed by atoms with Crippen molar-refractivity contribution in [2.24, 2.45) is 5.73 Å². The number of hydrogen-bond donors (Lipinski definition) is 2. The monoisotopic (exact) mass is 251 g/mol. The summed E-state index contributed by atoms with van der Waals surface area (Å²) in [5, 5.41) is 9.79. The van der Waals surface area contributed by atoms with Crippen molar-refractivity contribution in [3.63, 3.8) is 0 Å². The van der Waals surface area contributed by atoms with E-state index in [-0.39, 0.29) is 6.54 Å². The maximum absolute atomic E-state index is 9.79. The predicted molar refractivity (Wildman–Crippen MR) is 75.1 cm³/mol. The quantitative estimate of drug-likeness (QED) is 0.764. The van der Waals surface area contributed by atoms with E-state index >= 15 is 0 Å². The first-order valence-electron chi connectivity index (χ1n) is 6.49. The lowest BCUT2D eigenvalue weighted by Gasteiger charge is -2.21. The van der Waals surface area contributed by atoms with E-state index < -0.39 is 5.60 Å². The molecule has 3 heteroatoms. The van der Waals surface area contributed by atoms with Gasteiger partial charge in [-0.15, -0.1) is 0 Å². The van der Waals surface area contributed by atoms with Gasteiger partial charge in [-0.05, 0) is 57.2 Å². The molecule has 0 radical (unpaired) electrons. The highest BCUT2D eigenvalue weighted by Gasteiger charge is 2.17. The molecular formula is C15H25NO2. The molecule has 0 amide bonds. The fourth-order valence-corrected chi connectivity index (χ4v) is 1.88. The molecule has 3 nitrogen and oxygen atoms in total. The van der Waals surface area contributed by atoms with Gasteiger partial charge in [0.1, 0.15) is 5.75 Å². The molecule has 0 fully saturated rings. The summed E-state index contributed by atoms with van der Waals surface area (Å²) < 4.78 is 5.84. The van der Waals surface area contributed by atoms with Gasteiger partial charge in [0, 0.05) is 6.54 Å². The molecule has 1 aromatic rings. The molecule has 1 unspecified atom stereocenters. The van der Waals surface area contributed by atoms with Gasteiger partial charge in [0.25, 0.3) is 0 Å². The summed E-state index contributed by atoms with van der Waals surface area (Å²) in [6.45, 7) is 8.87. The van der Waals surface area contributed by atoms with Crippen molar-refractivity contribution in [1.29, 1.82) is 0 Å². The second kappa shape index (κ2) is 6.21. The molecule has 1 atom stereocenters. The van der Waals surface area contributed by atoms with E-state index in [2.05, 4.69) is 32.9 Å². The van der Waals surface area contributed by atoms with Gasteiger partial charge in [-0.3, -0.25) is 0 Å². The van der Waals surface area contributed by atoms with Crippen molar-refractivity contribution in [3.05, 3.63) is 28.8 Å². The second-order valence-corrected chi connectivity index (χ2v) is 5.31. The Kier molecular flexibility index (Phi) is 5.17. The molecule has 1 rings (SSSR count). The van der Waals surface area contributed by atoms with E-state index in [1.807, 2.05) is 0 Å². The van der Waals surface area contributed by atoms with Gasteiger partial charge in [0.15, 0.2) is 0 Å². The molecule has 0 saturated carbocycles. The molecule has 0 saturated heterocycles. The van der Waals surface area contributed by atoms with E-state index in [9.17, 15) is 5.11 Å². The average molecular weight is 251 g/mol. The number of benzene rings is 1. The van der Waals surface area contributed by atoms with Crippen LogP contribution < -0.4 is 10.5 Å². The first kappa shape index (κ1) is 15.0. The Morgan fingerprint density at radius 2 is 1.83 bits per heavy atom. The third kappa shape index (κ3) is 4.00. The van der Waals surface area contributed by atoms with Gasteiger partial charge in [0.2, 0.25) is 0 Å². The summed E-state index contributed by atoms with van der Waals surface area (Å²) in [6.07, 6.45) is 1.46. The zero-order chi connectivity index (χ0) is 13.8. The second-order valence-electron chi connectivity index (χ2n) is 5.31. The first-order valence-corrected chi connectivity index (χ1v) is 6.49. The van der Waals surface area contributed by atoms with Crippen LogP contribution in [0.5, 0.6) is 5.75 Å². The van der Waals surface area contributed by atoms with E-state index in [1.165, 1.54) is 11.1 Å². The molecule has 0 aliphatic rings. The van der Waals surface area contributed by atoms with Gasteiger partial charge < -0.3 is 15.6 Å². The van der Waals surface area contributed by atoms with Crippen molar-refractivity contribution in [2.45, 2.75) is 46.1 Å². The van der Waals surface area contributed by atoms with Crippen LogP contribution in [0.15, 0.2) is 12.1 Å². The van der Waals surface area contributed by atoms with E-state index in [0.717, 1.165) is 17.7 Å². The smallest absolute Gasteiger partial charge is 0.125 e. The van der Waals surface area contributed by atoms with Crippen molar-refractivity contribution in [1.82, 2.24) is 0 Å². The van der Waals surface area contributed by atoms with E-state index in [1.54, 1.807) is 6.92 Å². The first-order chi connectivity index (χ1) is 8.37. The number of ether oxygens (including phenoxy) is 1. The zero-order valence-electron chi connectivity index (χ0n) is 11.9. The van der Waals surface area contributed by atoms with Crippen LogP contribution in [-0.4, -0.2) is 23.9 Å². The SMILES string of the molecule is Cc1ccc(C)c(OCCCC(C)(O)CN)c1C. The summed E-state index contributed by atoms with van der Waals surface area (Å²) in [6, 6.07) is 4.18. The number of nitrogens with two attached hydrogens (primary N) is 1. The number of aryl methyl sites for hydroxylation is 2. The number of rotatable bonds is 6. The molecule has 0 aliphatic carbocycles. The topological polar surface area (TPSA) is 55.5 Å². The third-order valence-corrected chi connectivity index (χ3v) is 3.42. The van der Waals surface area contributed by atoms with Crippen LogP contribution in [0.4, 0.5) is 0 Å². The Labute approximate surface area is 110 Å². The minimum absolute atomic E-state index is 0.287. The molecule has 0 aromatic heterocycles. The van der Waals surface area contributed by atoms with Gasteiger partial charge in [-0.1, -0.05) is 12.1 Å². The van der Waals surface area contributed by atoms with Crippen LogP contribution in [-0.2, 0) is 0 Å². The highest BCUT2D eigenvalue weighted by molar-refractivity contribution is 5.44. The largest absolute Gasteiger partial charge is 0.493 e. The summed E-state index contributed by atoms with van der Waals surface area (Å²) in [5.41, 5.74) is 8.29. The van der Waals surface area contributed by atoms with Crippen LogP contribution in [0.25, 0.3) is 0 Å². The average Bonchev–Trinajstić information content (AvgIpc) is 2.33. The molecule has 0 aliphatic heterocycles. The zero-order valence-corrected chi connectivity index (χ0v) is 11.9. The van der Waals surface area contributed by atoms with E-state index in [4.69, 9.17) is 10.5 Å². The van der Waals surface area contributed by atoms with Gasteiger partial charge in [0.05, 0.1) is 12.2 Å². The fourth-order valence-electron chi connectivity index (χ4n) is 1.88. The van der Waals surface area contributed by atoms with Crippen molar-refractivity contribution < 1.29 is 9.84 Å². The molecule has 0 bridgehead atoms. The minimum Gasteiger partial charge on any atom is -0.493 e. The van der Waals surface area contributed by atoms with Crippen LogP contribution in [0.2, 0.25) is 0 Å². The lowest BCUT2D eigenvalue weighted by molar-refractivity contribution is 0.0535. The van der Waals surface area contributed by atoms with Crippen LogP contribution in [0.3, 0.4) is 0 Å². The fraction of sp³-hybridized carbons (Fsp3) is 0.600. The Balaban J connectivity index is 2.52. The molecule has 1 aromatic carbocycles. The van der Waals surface area contributed by atoms with Crippen molar-refractivity contribution >= 4 is 0 Å². The molecule has 0 spiro atoms. The van der Waals surface area contributed by atoms with Crippen molar-refractivity contribution in [3.8, 4) is 5.75 Å². The molecule has 0 heterocycles. The lowest BCUT2D eigenvalue weighted by atomic mass is 10.0. The molecule has 3 N–H and O–H groups in total. The van der Waals surface area contributed by atoms with E-state index in [0.29, 0.717) is 13.0 Å². The Morgan fingerprint density at radius 1 is 1.22 bits per heavy atom. The van der Waals surface area contributed by atoms with Crippen LogP contribution >= 0.6 is 0 Å². The summed E-state index contributed by atoms with van der Waals surface area (Å²) in [5.74, 6) is 0.974. The van der Waals surface area contributed by atoms with Crippen LogP contribution in [0, 0.1) is 20.8 Å².